The number of rotatable bonds is 12. The largest absolute Gasteiger partial charge is 0.463 e. The first-order chi connectivity index (χ1) is 22.8. The number of nitrogens with zero attached hydrogens (tertiary/aromatic N) is 3. The second-order valence-corrected chi connectivity index (χ2v) is 11.6. The summed E-state index contributed by atoms with van der Waals surface area (Å²) in [6.07, 6.45) is 0. The molecule has 246 valence electrons. The molecule has 3 aromatic rings. The van der Waals surface area contributed by atoms with Gasteiger partial charge >= 0.3 is 11.9 Å². The van der Waals surface area contributed by atoms with E-state index in [-0.39, 0.29) is 41.8 Å². The summed E-state index contributed by atoms with van der Waals surface area (Å²) in [7, 11) is 0. The maximum absolute atomic E-state index is 13.6. The van der Waals surface area contributed by atoms with E-state index in [9.17, 15) is 19.7 Å². The Balaban J connectivity index is 1.22. The average Bonchev–Trinajstić information content (AvgIpc) is 3.08. The van der Waals surface area contributed by atoms with Crippen LogP contribution in [0.4, 0.5) is 5.69 Å². The number of nitro benzene ring substituents is 1. The minimum absolute atomic E-state index is 0.00493. The van der Waals surface area contributed by atoms with Crippen molar-refractivity contribution in [2.45, 2.75) is 25.7 Å². The number of esters is 2. The molecule has 2 heterocycles. The predicted octanol–water partition coefficient (Wildman–Crippen LogP) is 4.28. The zero-order valence-corrected chi connectivity index (χ0v) is 26.8. The van der Waals surface area contributed by atoms with Crippen LogP contribution in [0.25, 0.3) is 0 Å². The van der Waals surface area contributed by atoms with Crippen molar-refractivity contribution in [1.29, 1.82) is 0 Å². The van der Waals surface area contributed by atoms with E-state index < -0.39 is 22.8 Å². The molecule has 2 aliphatic rings. The molecule has 0 bridgehead atoms. The first-order valence-corrected chi connectivity index (χ1v) is 15.9. The molecule has 1 saturated heterocycles. The van der Waals surface area contributed by atoms with Crippen LogP contribution in [0.15, 0.2) is 108 Å². The second kappa shape index (κ2) is 15.5. The Morgan fingerprint density at radius 1 is 0.894 bits per heavy atom. The Morgan fingerprint density at radius 2 is 1.49 bits per heavy atom. The minimum Gasteiger partial charge on any atom is -0.463 e. The number of dihydropyridines is 1. The second-order valence-electron chi connectivity index (χ2n) is 11.6. The summed E-state index contributed by atoms with van der Waals surface area (Å²) in [6.45, 7) is 8.45. The van der Waals surface area contributed by atoms with E-state index in [1.54, 1.807) is 19.9 Å². The van der Waals surface area contributed by atoms with Gasteiger partial charge in [0.25, 0.3) is 5.69 Å². The summed E-state index contributed by atoms with van der Waals surface area (Å²) in [5.41, 5.74) is 9.56. The Kier molecular flexibility index (Phi) is 11.0. The molecule has 0 amide bonds. The number of carbonyl (C=O) groups excluding carboxylic acids is 2. The molecular formula is C36H41N5O6. The highest BCUT2D eigenvalue weighted by molar-refractivity contribution is 5.99. The Labute approximate surface area is 274 Å². The molecule has 3 aromatic carbocycles. The first-order valence-electron chi connectivity index (χ1n) is 15.9. The number of nitro groups is 1. The molecule has 47 heavy (non-hydrogen) atoms. The van der Waals surface area contributed by atoms with Gasteiger partial charge in [-0.1, -0.05) is 72.8 Å². The summed E-state index contributed by atoms with van der Waals surface area (Å²) >= 11 is 0. The fourth-order valence-electron chi connectivity index (χ4n) is 6.28. The van der Waals surface area contributed by atoms with E-state index in [1.807, 2.05) is 12.1 Å². The third-order valence-corrected chi connectivity index (χ3v) is 8.67. The fraction of sp³-hybridized carbons (Fsp3) is 0.333. The highest BCUT2D eigenvalue weighted by Gasteiger charge is 2.39. The molecular weight excluding hydrogens is 598 g/mol. The topological polar surface area (TPSA) is 140 Å². The van der Waals surface area contributed by atoms with E-state index in [0.29, 0.717) is 17.8 Å². The van der Waals surface area contributed by atoms with Gasteiger partial charge in [-0.05, 0) is 30.5 Å². The normalized spacial score (nSPS) is 17.4. The fourth-order valence-corrected chi connectivity index (χ4v) is 6.28. The van der Waals surface area contributed by atoms with Gasteiger partial charge in [0.1, 0.15) is 12.4 Å². The number of hydrogen-bond acceptors (Lipinski definition) is 10. The molecule has 3 N–H and O–H groups in total. The number of nitrogens with two attached hydrogens (primary N) is 1. The first kappa shape index (κ1) is 33.4. The van der Waals surface area contributed by atoms with Gasteiger partial charge in [-0.15, -0.1) is 0 Å². The zero-order valence-electron chi connectivity index (χ0n) is 26.8. The third kappa shape index (κ3) is 8.05. The van der Waals surface area contributed by atoms with Crippen LogP contribution in [0.5, 0.6) is 0 Å². The van der Waals surface area contributed by atoms with E-state index >= 15 is 0 Å². The highest BCUT2D eigenvalue weighted by atomic mass is 16.6. The van der Waals surface area contributed by atoms with E-state index in [1.165, 1.54) is 29.3 Å². The van der Waals surface area contributed by atoms with Crippen LogP contribution in [0.1, 0.15) is 42.4 Å². The quantitative estimate of drug-likeness (QED) is 0.168. The lowest BCUT2D eigenvalue weighted by atomic mass is 9.81. The van der Waals surface area contributed by atoms with Crippen LogP contribution in [-0.2, 0) is 19.1 Å². The molecule has 11 nitrogen and oxygen atoms in total. The van der Waals surface area contributed by atoms with Crippen molar-refractivity contribution in [2.24, 2.45) is 5.73 Å². The Hall–Kier alpha value is -5.00. The van der Waals surface area contributed by atoms with Crippen molar-refractivity contribution >= 4 is 17.6 Å². The van der Waals surface area contributed by atoms with Gasteiger partial charge in [0.05, 0.1) is 28.6 Å². The molecule has 0 saturated carbocycles. The lowest BCUT2D eigenvalue weighted by Gasteiger charge is -2.36. The van der Waals surface area contributed by atoms with Crippen molar-refractivity contribution in [1.82, 2.24) is 15.1 Å². The van der Waals surface area contributed by atoms with Crippen LogP contribution in [0.2, 0.25) is 0 Å². The number of piperazine rings is 1. The Morgan fingerprint density at radius 3 is 2.09 bits per heavy atom. The average molecular weight is 640 g/mol. The number of benzene rings is 3. The molecule has 1 atom stereocenters. The van der Waals surface area contributed by atoms with Gasteiger partial charge in [-0.25, -0.2) is 9.59 Å². The molecule has 5 rings (SSSR count). The van der Waals surface area contributed by atoms with Gasteiger partial charge < -0.3 is 20.5 Å². The number of carbonyl (C=O) groups is 2. The predicted molar refractivity (Wildman–Crippen MR) is 178 cm³/mol. The van der Waals surface area contributed by atoms with Crippen LogP contribution in [0.3, 0.4) is 0 Å². The summed E-state index contributed by atoms with van der Waals surface area (Å²) in [4.78, 5) is 42.4. The van der Waals surface area contributed by atoms with Gasteiger partial charge in [-0.2, -0.15) is 0 Å². The monoisotopic (exact) mass is 639 g/mol. The van der Waals surface area contributed by atoms with Crippen molar-refractivity contribution in [2.75, 3.05) is 52.5 Å². The Bertz CT molecular complexity index is 1590. The van der Waals surface area contributed by atoms with Crippen molar-refractivity contribution < 1.29 is 24.0 Å². The number of hydrogen-bond donors (Lipinski definition) is 2. The molecule has 2 aliphatic heterocycles. The lowest BCUT2D eigenvalue weighted by molar-refractivity contribution is -0.384. The number of non-ortho nitro benzene ring substituents is 1. The van der Waals surface area contributed by atoms with Gasteiger partial charge in [0, 0.05) is 63.0 Å². The summed E-state index contributed by atoms with van der Waals surface area (Å²) < 4.78 is 11.0. The van der Waals surface area contributed by atoms with Gasteiger partial charge in [0.15, 0.2) is 0 Å². The van der Waals surface area contributed by atoms with Crippen molar-refractivity contribution in [3.63, 3.8) is 0 Å². The molecule has 1 unspecified atom stereocenters. The molecule has 0 aliphatic carbocycles. The van der Waals surface area contributed by atoms with E-state index in [4.69, 9.17) is 15.2 Å². The van der Waals surface area contributed by atoms with Crippen LogP contribution in [0, 0.1) is 10.1 Å². The molecule has 0 spiro atoms. The molecule has 11 heteroatoms. The van der Waals surface area contributed by atoms with Crippen LogP contribution < -0.4 is 11.1 Å². The van der Waals surface area contributed by atoms with Gasteiger partial charge in [-0.3, -0.25) is 19.9 Å². The number of ether oxygens (including phenoxy) is 2. The maximum Gasteiger partial charge on any atom is 0.338 e. The number of nitrogens with one attached hydrogen (secondary N) is 1. The zero-order chi connectivity index (χ0) is 33.3. The molecule has 0 radical (unpaired) electrons. The third-order valence-electron chi connectivity index (χ3n) is 8.67. The summed E-state index contributed by atoms with van der Waals surface area (Å²) in [6, 6.07) is 27.0. The van der Waals surface area contributed by atoms with Crippen LogP contribution >= 0.6 is 0 Å². The summed E-state index contributed by atoms with van der Waals surface area (Å²) in [5.74, 6) is -2.06. The van der Waals surface area contributed by atoms with E-state index in [0.717, 1.165) is 32.7 Å². The lowest BCUT2D eigenvalue weighted by Crippen LogP contribution is -2.48. The molecule has 0 aromatic heterocycles. The van der Waals surface area contributed by atoms with Crippen molar-refractivity contribution in [3.05, 3.63) is 134 Å². The standard InChI is InChI=1S/C36H41N5O6/c1-3-46-36(43)33-32(28-15-10-16-29(23-28)41(44)45)31(25(2)38-34(33)37)35(42)47-22-21-39-17-19-40(20-18-39)24-30(26-11-6-4-7-12-26)27-13-8-5-9-14-27/h4-16,23,30,32,38H,3,17-22,24,37H2,1-2H3. The SMILES string of the molecule is CCOC(=O)C1=C(N)NC(C)=C(C(=O)OCCN2CCN(CC(c3ccccc3)c3ccccc3)CC2)C1c1cccc([N+](=O)[O-])c1. The van der Waals surface area contributed by atoms with Crippen molar-refractivity contribution in [3.8, 4) is 0 Å². The van der Waals surface area contributed by atoms with E-state index in [2.05, 4.69) is 63.6 Å². The highest BCUT2D eigenvalue weighted by Crippen LogP contribution is 2.39. The molecule has 1 fully saturated rings. The number of allylic oxidation sites excluding steroid dienone is 1. The smallest absolute Gasteiger partial charge is 0.338 e. The minimum atomic E-state index is -1.01. The summed E-state index contributed by atoms with van der Waals surface area (Å²) in [5, 5.41) is 14.5. The van der Waals surface area contributed by atoms with Gasteiger partial charge in [0.2, 0.25) is 0 Å². The maximum atomic E-state index is 13.6. The van der Waals surface area contributed by atoms with Crippen LogP contribution in [-0.4, -0.2) is 79.1 Å².